The standard InChI is InChI=1S/C18H16.C5H6N2O/c1-3-7-15-13(5-1)9-11-18-16-8-4-2-6-14(16)10-12-17(15)18;1-8-5-4-6-2-3-7-5/h1,3,5,7,9-12H,2,4,6,8H2;2-4H,1H3. The van der Waals surface area contributed by atoms with Gasteiger partial charge in [-0.15, -0.1) is 0 Å². The van der Waals surface area contributed by atoms with E-state index in [1.165, 1.54) is 47.2 Å². The summed E-state index contributed by atoms with van der Waals surface area (Å²) in [5.41, 5.74) is 3.17. The summed E-state index contributed by atoms with van der Waals surface area (Å²) >= 11 is 0. The number of hydrogen-bond acceptors (Lipinski definition) is 3. The lowest BCUT2D eigenvalue weighted by Crippen LogP contribution is -2.02. The molecule has 1 heterocycles. The van der Waals surface area contributed by atoms with Crippen molar-refractivity contribution in [2.45, 2.75) is 25.7 Å². The molecule has 3 aromatic carbocycles. The van der Waals surface area contributed by atoms with Crippen molar-refractivity contribution >= 4 is 21.5 Å². The van der Waals surface area contributed by atoms with Crippen LogP contribution in [-0.2, 0) is 12.8 Å². The van der Waals surface area contributed by atoms with E-state index in [0.29, 0.717) is 5.88 Å². The zero-order valence-corrected chi connectivity index (χ0v) is 15.0. The molecule has 1 aromatic heterocycles. The average Bonchev–Trinajstić information content (AvgIpc) is 2.74. The highest BCUT2D eigenvalue weighted by atomic mass is 16.5. The highest BCUT2D eigenvalue weighted by molar-refractivity contribution is 6.08. The van der Waals surface area contributed by atoms with Gasteiger partial charge in [0.1, 0.15) is 0 Å². The summed E-state index contributed by atoms with van der Waals surface area (Å²) in [6.45, 7) is 0. The number of rotatable bonds is 1. The fraction of sp³-hybridized carbons (Fsp3) is 0.217. The molecule has 5 rings (SSSR count). The maximum absolute atomic E-state index is 4.74. The molecule has 3 nitrogen and oxygen atoms in total. The van der Waals surface area contributed by atoms with Crippen LogP contribution in [-0.4, -0.2) is 17.1 Å². The molecule has 0 saturated carbocycles. The molecule has 0 radical (unpaired) electrons. The molecular formula is C23H22N2O. The summed E-state index contributed by atoms with van der Waals surface area (Å²) in [7, 11) is 1.56. The second-order valence-electron chi connectivity index (χ2n) is 6.54. The Morgan fingerprint density at radius 3 is 2.46 bits per heavy atom. The van der Waals surface area contributed by atoms with Gasteiger partial charge in [-0.2, -0.15) is 0 Å². The van der Waals surface area contributed by atoms with Crippen LogP contribution in [0.2, 0.25) is 0 Å². The summed E-state index contributed by atoms with van der Waals surface area (Å²) in [5, 5.41) is 5.64. The van der Waals surface area contributed by atoms with E-state index >= 15 is 0 Å². The summed E-state index contributed by atoms with van der Waals surface area (Å²) in [4.78, 5) is 7.58. The van der Waals surface area contributed by atoms with Crippen molar-refractivity contribution in [1.29, 1.82) is 0 Å². The Labute approximate surface area is 153 Å². The molecule has 0 aliphatic heterocycles. The Bertz CT molecular complexity index is 1030. The van der Waals surface area contributed by atoms with Crippen molar-refractivity contribution in [3.63, 3.8) is 0 Å². The van der Waals surface area contributed by atoms with Gasteiger partial charge in [-0.3, -0.25) is 4.98 Å². The smallest absolute Gasteiger partial charge is 0.231 e. The van der Waals surface area contributed by atoms with Crippen molar-refractivity contribution in [2.75, 3.05) is 7.11 Å². The van der Waals surface area contributed by atoms with E-state index in [-0.39, 0.29) is 0 Å². The Balaban J connectivity index is 0.000000178. The largest absolute Gasteiger partial charge is 0.480 e. The van der Waals surface area contributed by atoms with Crippen LogP contribution in [0.3, 0.4) is 0 Å². The van der Waals surface area contributed by atoms with Gasteiger partial charge in [0.2, 0.25) is 5.88 Å². The van der Waals surface area contributed by atoms with Crippen LogP contribution < -0.4 is 4.74 Å². The van der Waals surface area contributed by atoms with Gasteiger partial charge in [0.15, 0.2) is 0 Å². The van der Waals surface area contributed by atoms with Crippen LogP contribution in [0.4, 0.5) is 0 Å². The number of methoxy groups -OCH3 is 1. The number of benzene rings is 3. The van der Waals surface area contributed by atoms with E-state index in [1.807, 2.05) is 0 Å². The SMILES string of the molecule is COc1cnccn1.c1ccc2c(c1)ccc1c3c(ccc12)CCCC3. The third-order valence-corrected chi connectivity index (χ3v) is 5.01. The van der Waals surface area contributed by atoms with Gasteiger partial charge in [-0.1, -0.05) is 48.5 Å². The van der Waals surface area contributed by atoms with E-state index in [1.54, 1.807) is 36.8 Å². The molecule has 0 fully saturated rings. The average molecular weight is 342 g/mol. The van der Waals surface area contributed by atoms with E-state index < -0.39 is 0 Å². The van der Waals surface area contributed by atoms with Gasteiger partial charge in [-0.25, -0.2) is 4.98 Å². The molecule has 1 aliphatic rings. The second-order valence-corrected chi connectivity index (χ2v) is 6.54. The molecule has 4 aromatic rings. The topological polar surface area (TPSA) is 35.0 Å². The van der Waals surface area contributed by atoms with Crippen LogP contribution >= 0.6 is 0 Å². The number of ether oxygens (including phenoxy) is 1. The molecule has 0 unspecified atom stereocenters. The first kappa shape index (κ1) is 16.5. The minimum atomic E-state index is 0.549. The number of fused-ring (bicyclic) bond motifs is 5. The first-order valence-corrected chi connectivity index (χ1v) is 9.09. The van der Waals surface area contributed by atoms with Crippen molar-refractivity contribution in [3.05, 3.63) is 78.2 Å². The molecule has 0 saturated heterocycles. The molecule has 0 N–H and O–H groups in total. The fourth-order valence-electron chi connectivity index (χ4n) is 3.73. The second kappa shape index (κ2) is 7.52. The predicted octanol–water partition coefficient (Wildman–Crippen LogP) is 5.36. The zero-order chi connectivity index (χ0) is 17.8. The third-order valence-electron chi connectivity index (χ3n) is 5.01. The van der Waals surface area contributed by atoms with Gasteiger partial charge in [0.05, 0.1) is 13.3 Å². The maximum atomic E-state index is 4.74. The summed E-state index contributed by atoms with van der Waals surface area (Å²) in [5.74, 6) is 0.549. The van der Waals surface area contributed by atoms with Crippen LogP contribution in [0.15, 0.2) is 67.1 Å². The molecule has 0 atom stereocenters. The minimum Gasteiger partial charge on any atom is -0.480 e. The van der Waals surface area contributed by atoms with Crippen LogP contribution in [0.1, 0.15) is 24.0 Å². The Kier molecular flexibility index (Phi) is 4.78. The Morgan fingerprint density at radius 1 is 0.808 bits per heavy atom. The number of nitrogens with zero attached hydrogens (tertiary/aromatic N) is 2. The van der Waals surface area contributed by atoms with Crippen molar-refractivity contribution in [3.8, 4) is 5.88 Å². The van der Waals surface area contributed by atoms with E-state index in [9.17, 15) is 0 Å². The Hall–Kier alpha value is -2.94. The van der Waals surface area contributed by atoms with E-state index in [2.05, 4.69) is 58.5 Å². The quantitative estimate of drug-likeness (QED) is 0.437. The number of aryl methyl sites for hydroxylation is 2. The van der Waals surface area contributed by atoms with E-state index in [0.717, 1.165) is 0 Å². The monoisotopic (exact) mass is 342 g/mol. The Morgan fingerprint density at radius 2 is 1.65 bits per heavy atom. The van der Waals surface area contributed by atoms with Gasteiger partial charge in [-0.05, 0) is 58.4 Å². The van der Waals surface area contributed by atoms with Gasteiger partial charge in [0.25, 0.3) is 0 Å². The van der Waals surface area contributed by atoms with E-state index in [4.69, 9.17) is 4.74 Å². The van der Waals surface area contributed by atoms with Crippen molar-refractivity contribution in [1.82, 2.24) is 9.97 Å². The van der Waals surface area contributed by atoms with Gasteiger partial charge >= 0.3 is 0 Å². The van der Waals surface area contributed by atoms with Crippen molar-refractivity contribution < 1.29 is 4.74 Å². The normalized spacial score (nSPS) is 13.0. The summed E-state index contributed by atoms with van der Waals surface area (Å²) in [6.07, 6.45) is 9.95. The van der Waals surface area contributed by atoms with Gasteiger partial charge < -0.3 is 4.74 Å². The van der Waals surface area contributed by atoms with Crippen LogP contribution in [0, 0.1) is 0 Å². The molecule has 26 heavy (non-hydrogen) atoms. The molecule has 0 spiro atoms. The lowest BCUT2D eigenvalue weighted by Gasteiger charge is -2.18. The third kappa shape index (κ3) is 3.25. The minimum absolute atomic E-state index is 0.549. The van der Waals surface area contributed by atoms with Crippen molar-refractivity contribution in [2.24, 2.45) is 0 Å². The van der Waals surface area contributed by atoms with Crippen LogP contribution in [0.5, 0.6) is 5.88 Å². The summed E-state index contributed by atoms with van der Waals surface area (Å²) in [6, 6.07) is 18.0. The lowest BCUT2D eigenvalue weighted by atomic mass is 9.86. The van der Waals surface area contributed by atoms with Gasteiger partial charge in [0, 0.05) is 12.4 Å². The fourth-order valence-corrected chi connectivity index (χ4v) is 3.73. The van der Waals surface area contributed by atoms with Crippen LogP contribution in [0.25, 0.3) is 21.5 Å². The predicted molar refractivity (Wildman–Crippen MR) is 107 cm³/mol. The highest BCUT2D eigenvalue weighted by Gasteiger charge is 2.13. The summed E-state index contributed by atoms with van der Waals surface area (Å²) < 4.78 is 4.74. The lowest BCUT2D eigenvalue weighted by molar-refractivity contribution is 0.395. The highest BCUT2D eigenvalue weighted by Crippen LogP contribution is 2.33. The molecule has 130 valence electrons. The molecule has 0 bridgehead atoms. The molecule has 3 heteroatoms. The molecule has 0 amide bonds. The molecular weight excluding hydrogens is 320 g/mol. The zero-order valence-electron chi connectivity index (χ0n) is 15.0. The first-order valence-electron chi connectivity index (χ1n) is 9.09. The number of aromatic nitrogens is 2. The maximum Gasteiger partial charge on any atom is 0.231 e. The number of hydrogen-bond donors (Lipinski definition) is 0. The first-order chi connectivity index (χ1) is 12.9. The molecule has 1 aliphatic carbocycles.